The van der Waals surface area contributed by atoms with Gasteiger partial charge in [-0.3, -0.25) is 0 Å². The Balaban J connectivity index is 1.67. The topological polar surface area (TPSA) is 74.2 Å². The maximum atomic E-state index is 6.17. The average molecular weight is 265 g/mol. The van der Waals surface area contributed by atoms with Crippen LogP contribution in [0, 0.1) is 5.92 Å². The van der Waals surface area contributed by atoms with E-state index in [4.69, 9.17) is 15.0 Å². The molecule has 106 valence electrons. The van der Waals surface area contributed by atoms with E-state index in [-0.39, 0.29) is 11.6 Å². The fraction of sp³-hybridized carbons (Fsp3) is 0.857. The van der Waals surface area contributed by atoms with Crippen molar-refractivity contribution in [2.24, 2.45) is 11.7 Å². The second kappa shape index (κ2) is 5.21. The summed E-state index contributed by atoms with van der Waals surface area (Å²) in [5.41, 5.74) is 5.82. The Hall–Kier alpha value is -0.940. The lowest BCUT2D eigenvalue weighted by Crippen LogP contribution is -2.34. The minimum Gasteiger partial charge on any atom is -0.367 e. The Bertz CT molecular complexity index is 426. The van der Waals surface area contributed by atoms with Crippen LogP contribution in [0.15, 0.2) is 4.52 Å². The van der Waals surface area contributed by atoms with Crippen molar-refractivity contribution < 1.29 is 9.26 Å². The van der Waals surface area contributed by atoms with Gasteiger partial charge < -0.3 is 15.0 Å². The van der Waals surface area contributed by atoms with Crippen LogP contribution in [0.2, 0.25) is 0 Å². The number of rotatable bonds is 3. The molecule has 1 aliphatic carbocycles. The van der Waals surface area contributed by atoms with Gasteiger partial charge in [-0.05, 0) is 38.5 Å². The fourth-order valence-corrected chi connectivity index (χ4v) is 3.22. The summed E-state index contributed by atoms with van der Waals surface area (Å²) in [5, 5.41) is 4.11. The summed E-state index contributed by atoms with van der Waals surface area (Å²) in [6.07, 6.45) is 7.64. The van der Waals surface area contributed by atoms with Gasteiger partial charge >= 0.3 is 0 Å². The average Bonchev–Trinajstić information content (AvgIpc) is 3.02. The second-order valence-electron chi connectivity index (χ2n) is 6.11. The summed E-state index contributed by atoms with van der Waals surface area (Å²) in [7, 11) is 0. The molecule has 1 aromatic heterocycles. The SMILES string of the molecule is CC1(c2noc(CC3CCCCC3N)n2)CCCO1. The molecule has 5 heteroatoms. The smallest absolute Gasteiger partial charge is 0.227 e. The van der Waals surface area contributed by atoms with Crippen molar-refractivity contribution in [1.29, 1.82) is 0 Å². The van der Waals surface area contributed by atoms with Crippen LogP contribution < -0.4 is 5.73 Å². The molecule has 1 aliphatic heterocycles. The van der Waals surface area contributed by atoms with Crippen molar-refractivity contribution >= 4 is 0 Å². The molecule has 1 saturated heterocycles. The zero-order valence-corrected chi connectivity index (χ0v) is 11.6. The first kappa shape index (κ1) is 13.1. The van der Waals surface area contributed by atoms with Crippen LogP contribution in [0.1, 0.15) is 57.2 Å². The standard InChI is InChI=1S/C14H23N3O2/c1-14(7-4-8-18-14)13-16-12(19-17-13)9-10-5-2-3-6-11(10)15/h10-11H,2-9,15H2,1H3. The number of aromatic nitrogens is 2. The Kier molecular flexibility index (Phi) is 3.58. The minimum absolute atomic E-state index is 0.280. The summed E-state index contributed by atoms with van der Waals surface area (Å²) < 4.78 is 11.1. The van der Waals surface area contributed by atoms with Gasteiger partial charge in [0.15, 0.2) is 0 Å². The summed E-state index contributed by atoms with van der Waals surface area (Å²) in [4.78, 5) is 4.53. The van der Waals surface area contributed by atoms with Crippen molar-refractivity contribution in [3.05, 3.63) is 11.7 Å². The summed E-state index contributed by atoms with van der Waals surface area (Å²) in [6.45, 7) is 2.83. The molecular weight excluding hydrogens is 242 g/mol. The Morgan fingerprint density at radius 1 is 1.32 bits per heavy atom. The van der Waals surface area contributed by atoms with Crippen LogP contribution in [0.5, 0.6) is 0 Å². The monoisotopic (exact) mass is 265 g/mol. The Morgan fingerprint density at radius 2 is 2.16 bits per heavy atom. The number of nitrogens with two attached hydrogens (primary N) is 1. The molecule has 5 nitrogen and oxygen atoms in total. The molecule has 3 unspecified atom stereocenters. The molecule has 1 aromatic rings. The predicted octanol–water partition coefficient (Wildman–Crippen LogP) is 2.16. The van der Waals surface area contributed by atoms with Gasteiger partial charge in [0.2, 0.25) is 11.7 Å². The highest BCUT2D eigenvalue weighted by Gasteiger charge is 2.37. The quantitative estimate of drug-likeness (QED) is 0.906. The molecule has 1 saturated carbocycles. The number of hydrogen-bond donors (Lipinski definition) is 1. The summed E-state index contributed by atoms with van der Waals surface area (Å²) >= 11 is 0. The van der Waals surface area contributed by atoms with Crippen molar-refractivity contribution in [3.8, 4) is 0 Å². The fourth-order valence-electron chi connectivity index (χ4n) is 3.22. The van der Waals surface area contributed by atoms with E-state index < -0.39 is 0 Å². The third-order valence-corrected chi connectivity index (χ3v) is 4.56. The largest absolute Gasteiger partial charge is 0.367 e. The molecule has 0 spiro atoms. The van der Waals surface area contributed by atoms with E-state index in [1.165, 1.54) is 19.3 Å². The van der Waals surface area contributed by atoms with E-state index in [1.54, 1.807) is 0 Å². The number of hydrogen-bond acceptors (Lipinski definition) is 5. The van der Waals surface area contributed by atoms with Gasteiger partial charge in [-0.15, -0.1) is 0 Å². The number of ether oxygens (including phenoxy) is 1. The maximum Gasteiger partial charge on any atom is 0.227 e. The normalized spacial score (nSPS) is 35.7. The van der Waals surface area contributed by atoms with Crippen LogP contribution in [-0.2, 0) is 16.8 Å². The van der Waals surface area contributed by atoms with Crippen LogP contribution in [-0.4, -0.2) is 22.8 Å². The van der Waals surface area contributed by atoms with E-state index in [0.29, 0.717) is 17.6 Å². The van der Waals surface area contributed by atoms with Gasteiger partial charge in [0.25, 0.3) is 0 Å². The minimum atomic E-state index is -0.351. The van der Waals surface area contributed by atoms with Crippen molar-refractivity contribution in [3.63, 3.8) is 0 Å². The van der Waals surface area contributed by atoms with Crippen LogP contribution in [0.25, 0.3) is 0 Å². The molecule has 2 N–H and O–H groups in total. The number of nitrogens with zero attached hydrogens (tertiary/aromatic N) is 2. The van der Waals surface area contributed by atoms with E-state index in [1.807, 2.05) is 6.92 Å². The van der Waals surface area contributed by atoms with E-state index >= 15 is 0 Å². The molecule has 19 heavy (non-hydrogen) atoms. The Morgan fingerprint density at radius 3 is 2.89 bits per heavy atom. The first-order chi connectivity index (χ1) is 9.17. The first-order valence-electron chi connectivity index (χ1n) is 7.40. The van der Waals surface area contributed by atoms with Crippen LogP contribution in [0.4, 0.5) is 0 Å². The lowest BCUT2D eigenvalue weighted by molar-refractivity contribution is 0.00768. The molecule has 0 radical (unpaired) electrons. The molecular formula is C14H23N3O2. The molecule has 0 bridgehead atoms. The lowest BCUT2D eigenvalue weighted by Gasteiger charge is -2.27. The van der Waals surface area contributed by atoms with Crippen LogP contribution in [0.3, 0.4) is 0 Å². The predicted molar refractivity (Wildman–Crippen MR) is 70.5 cm³/mol. The maximum absolute atomic E-state index is 6.17. The van der Waals surface area contributed by atoms with Crippen LogP contribution >= 0.6 is 0 Å². The van der Waals surface area contributed by atoms with Crippen molar-refractivity contribution in [2.75, 3.05) is 6.61 Å². The van der Waals surface area contributed by atoms with Gasteiger partial charge in [-0.25, -0.2) is 0 Å². The molecule has 2 heterocycles. The van der Waals surface area contributed by atoms with Gasteiger partial charge in [0.05, 0.1) is 0 Å². The van der Waals surface area contributed by atoms with E-state index in [9.17, 15) is 0 Å². The van der Waals surface area contributed by atoms with E-state index in [2.05, 4.69) is 10.1 Å². The molecule has 2 aliphatic rings. The third-order valence-electron chi connectivity index (χ3n) is 4.56. The van der Waals surface area contributed by atoms with Crippen molar-refractivity contribution in [2.45, 2.75) is 63.5 Å². The summed E-state index contributed by atoms with van der Waals surface area (Å²) in [6, 6.07) is 0.280. The third kappa shape index (κ3) is 2.67. The molecule has 0 amide bonds. The highest BCUT2D eigenvalue weighted by molar-refractivity contribution is 5.02. The summed E-state index contributed by atoms with van der Waals surface area (Å²) in [5.74, 6) is 1.90. The highest BCUT2D eigenvalue weighted by atomic mass is 16.5. The van der Waals surface area contributed by atoms with Gasteiger partial charge in [0.1, 0.15) is 5.60 Å². The molecule has 3 atom stereocenters. The van der Waals surface area contributed by atoms with E-state index in [0.717, 1.165) is 32.3 Å². The van der Waals surface area contributed by atoms with Gasteiger partial charge in [-0.1, -0.05) is 18.0 Å². The molecule has 0 aromatic carbocycles. The highest BCUT2D eigenvalue weighted by Crippen LogP contribution is 2.34. The van der Waals surface area contributed by atoms with Gasteiger partial charge in [-0.2, -0.15) is 4.98 Å². The van der Waals surface area contributed by atoms with Gasteiger partial charge in [0, 0.05) is 19.1 Å². The molecule has 2 fully saturated rings. The Labute approximate surface area is 113 Å². The first-order valence-corrected chi connectivity index (χ1v) is 7.40. The molecule has 3 rings (SSSR count). The zero-order chi connectivity index (χ0) is 13.3. The van der Waals surface area contributed by atoms with Crippen molar-refractivity contribution in [1.82, 2.24) is 10.1 Å². The second-order valence-corrected chi connectivity index (χ2v) is 6.11. The lowest BCUT2D eigenvalue weighted by atomic mass is 9.83. The zero-order valence-electron chi connectivity index (χ0n) is 11.6.